The van der Waals surface area contributed by atoms with Gasteiger partial charge in [-0.25, -0.2) is 4.98 Å². The molecule has 0 fully saturated rings. The van der Waals surface area contributed by atoms with Gasteiger partial charge >= 0.3 is 5.97 Å². The van der Waals surface area contributed by atoms with Crippen molar-refractivity contribution in [1.82, 2.24) is 19.7 Å². The molecule has 88 valence electrons. The predicted molar refractivity (Wildman–Crippen MR) is 56.4 cm³/mol. The number of aliphatic carboxylic acids is 1. The third-order valence-electron chi connectivity index (χ3n) is 1.93. The molecule has 0 saturated heterocycles. The number of nitrogens with zero attached hydrogens (tertiary/aromatic N) is 3. The van der Waals surface area contributed by atoms with Crippen molar-refractivity contribution >= 4 is 17.6 Å². The number of aromatic amines is 1. The highest BCUT2D eigenvalue weighted by atomic mass is 16.4. The van der Waals surface area contributed by atoms with Crippen molar-refractivity contribution < 1.29 is 14.7 Å². The molecule has 0 atom stereocenters. The molecule has 3 N–H and O–H groups in total. The van der Waals surface area contributed by atoms with Gasteiger partial charge in [-0.15, -0.1) is 0 Å². The zero-order valence-electron chi connectivity index (χ0n) is 8.62. The summed E-state index contributed by atoms with van der Waals surface area (Å²) in [6.45, 7) is -0.250. The molecule has 8 nitrogen and oxygen atoms in total. The molecule has 8 heteroatoms. The van der Waals surface area contributed by atoms with Gasteiger partial charge in [0.2, 0.25) is 0 Å². The van der Waals surface area contributed by atoms with Crippen LogP contribution in [0.1, 0.15) is 10.5 Å². The molecule has 2 rings (SSSR count). The highest BCUT2D eigenvalue weighted by Gasteiger charge is 2.09. The van der Waals surface area contributed by atoms with Crippen LogP contribution in [0, 0.1) is 0 Å². The number of carbonyl (C=O) groups excluding carboxylic acids is 1. The zero-order valence-corrected chi connectivity index (χ0v) is 8.62. The van der Waals surface area contributed by atoms with Crippen LogP contribution in [-0.2, 0) is 11.3 Å². The molecule has 2 aromatic heterocycles. The number of carboxylic acids is 1. The lowest BCUT2D eigenvalue weighted by Crippen LogP contribution is -2.12. The van der Waals surface area contributed by atoms with Gasteiger partial charge in [0.1, 0.15) is 12.2 Å². The summed E-state index contributed by atoms with van der Waals surface area (Å²) >= 11 is 0. The Morgan fingerprint density at radius 3 is 2.94 bits per heavy atom. The average Bonchev–Trinajstić information content (AvgIpc) is 2.87. The Morgan fingerprint density at radius 1 is 1.47 bits per heavy atom. The molecule has 2 heterocycles. The van der Waals surface area contributed by atoms with E-state index in [4.69, 9.17) is 5.11 Å². The molecular formula is C9H9N5O3. The van der Waals surface area contributed by atoms with Gasteiger partial charge in [0.15, 0.2) is 0 Å². The third-order valence-corrected chi connectivity index (χ3v) is 1.93. The van der Waals surface area contributed by atoms with Crippen LogP contribution in [0.4, 0.5) is 5.69 Å². The standard InChI is InChI=1S/C9H9N5O3/c15-8(16)4-14-3-6(1-12-14)13-9(17)7-2-10-5-11-7/h1-3,5H,4H2,(H,10,11)(H,13,17)(H,15,16). The normalized spacial score (nSPS) is 10.1. The summed E-state index contributed by atoms with van der Waals surface area (Å²) in [5.74, 6) is -1.36. The Labute approximate surface area is 95.3 Å². The van der Waals surface area contributed by atoms with Crippen molar-refractivity contribution in [1.29, 1.82) is 0 Å². The SMILES string of the molecule is O=C(O)Cn1cc(NC(=O)c2cnc[nH]2)cn1. The first-order valence-corrected chi connectivity index (χ1v) is 4.69. The molecular weight excluding hydrogens is 226 g/mol. The van der Waals surface area contributed by atoms with Crippen LogP contribution in [-0.4, -0.2) is 36.7 Å². The van der Waals surface area contributed by atoms with E-state index in [9.17, 15) is 9.59 Å². The van der Waals surface area contributed by atoms with Gasteiger partial charge in [0.05, 0.1) is 24.4 Å². The van der Waals surface area contributed by atoms with Crippen molar-refractivity contribution in [3.63, 3.8) is 0 Å². The van der Waals surface area contributed by atoms with Crippen molar-refractivity contribution in [2.45, 2.75) is 6.54 Å². The van der Waals surface area contributed by atoms with Crippen molar-refractivity contribution in [2.24, 2.45) is 0 Å². The lowest BCUT2D eigenvalue weighted by molar-refractivity contribution is -0.137. The van der Waals surface area contributed by atoms with Gasteiger partial charge in [0, 0.05) is 6.20 Å². The minimum Gasteiger partial charge on any atom is -0.480 e. The molecule has 0 bridgehead atoms. The van der Waals surface area contributed by atoms with E-state index in [2.05, 4.69) is 20.4 Å². The summed E-state index contributed by atoms with van der Waals surface area (Å²) in [6, 6.07) is 0. The second-order valence-electron chi connectivity index (χ2n) is 3.24. The number of rotatable bonds is 4. The number of nitrogens with one attached hydrogen (secondary N) is 2. The number of H-pyrrole nitrogens is 1. The molecule has 0 aliphatic heterocycles. The topological polar surface area (TPSA) is 113 Å². The van der Waals surface area contributed by atoms with Gasteiger partial charge in [-0.3, -0.25) is 14.3 Å². The van der Waals surface area contributed by atoms with Gasteiger partial charge < -0.3 is 15.4 Å². The summed E-state index contributed by atoms with van der Waals surface area (Å²) in [5, 5.41) is 14.9. The van der Waals surface area contributed by atoms with Crippen LogP contribution < -0.4 is 5.32 Å². The maximum Gasteiger partial charge on any atom is 0.325 e. The first kappa shape index (κ1) is 10.9. The molecule has 0 aromatic carbocycles. The number of carbonyl (C=O) groups is 2. The van der Waals surface area contributed by atoms with Crippen LogP contribution in [0.5, 0.6) is 0 Å². The number of amides is 1. The summed E-state index contributed by atoms with van der Waals surface area (Å²) < 4.78 is 1.21. The largest absolute Gasteiger partial charge is 0.480 e. The lowest BCUT2D eigenvalue weighted by atomic mass is 10.4. The number of imidazole rings is 1. The van der Waals surface area contributed by atoms with E-state index >= 15 is 0 Å². The summed E-state index contributed by atoms with van der Waals surface area (Å²) in [7, 11) is 0. The Kier molecular flexibility index (Phi) is 2.86. The highest BCUT2D eigenvalue weighted by molar-refractivity contribution is 6.02. The summed E-state index contributed by atoms with van der Waals surface area (Å²) in [6.07, 6.45) is 5.58. The lowest BCUT2D eigenvalue weighted by Gasteiger charge is -1.98. The summed E-state index contributed by atoms with van der Waals surface area (Å²) in [4.78, 5) is 28.4. The van der Waals surface area contributed by atoms with E-state index in [0.29, 0.717) is 11.4 Å². The number of anilines is 1. The Bertz CT molecular complexity index is 531. The predicted octanol–water partition coefficient (Wildman–Crippen LogP) is -0.0569. The van der Waals surface area contributed by atoms with E-state index < -0.39 is 5.97 Å². The van der Waals surface area contributed by atoms with E-state index in [1.165, 1.54) is 29.6 Å². The fourth-order valence-electron chi connectivity index (χ4n) is 1.23. The van der Waals surface area contributed by atoms with E-state index in [1.807, 2.05) is 0 Å². The minimum atomic E-state index is -1.00. The maximum absolute atomic E-state index is 11.6. The fraction of sp³-hybridized carbons (Fsp3) is 0.111. The first-order valence-electron chi connectivity index (χ1n) is 4.69. The molecule has 0 radical (unpaired) electrons. The zero-order chi connectivity index (χ0) is 12.3. The first-order chi connectivity index (χ1) is 8.15. The molecule has 1 amide bonds. The van der Waals surface area contributed by atoms with Crippen LogP contribution in [0.2, 0.25) is 0 Å². The monoisotopic (exact) mass is 235 g/mol. The minimum absolute atomic E-state index is 0.250. The Morgan fingerprint density at radius 2 is 2.29 bits per heavy atom. The number of hydrogen-bond acceptors (Lipinski definition) is 4. The van der Waals surface area contributed by atoms with Crippen LogP contribution >= 0.6 is 0 Å². The second-order valence-corrected chi connectivity index (χ2v) is 3.24. The van der Waals surface area contributed by atoms with Crippen LogP contribution in [0.3, 0.4) is 0 Å². The molecule has 0 saturated carbocycles. The van der Waals surface area contributed by atoms with Gasteiger partial charge in [0.25, 0.3) is 5.91 Å². The Balaban J connectivity index is 2.02. The molecule has 0 aliphatic rings. The molecule has 0 spiro atoms. The van der Waals surface area contributed by atoms with Crippen molar-refractivity contribution in [3.8, 4) is 0 Å². The number of carboxylic acid groups (broad SMARTS) is 1. The van der Waals surface area contributed by atoms with Crippen LogP contribution in [0.25, 0.3) is 0 Å². The highest BCUT2D eigenvalue weighted by Crippen LogP contribution is 2.06. The molecule has 0 aliphatic carbocycles. The number of hydrogen-bond donors (Lipinski definition) is 3. The molecule has 2 aromatic rings. The summed E-state index contributed by atoms with van der Waals surface area (Å²) in [5.41, 5.74) is 0.738. The quantitative estimate of drug-likeness (QED) is 0.687. The van der Waals surface area contributed by atoms with Crippen molar-refractivity contribution in [2.75, 3.05) is 5.32 Å². The maximum atomic E-state index is 11.6. The van der Waals surface area contributed by atoms with E-state index in [1.54, 1.807) is 0 Å². The third kappa shape index (κ3) is 2.68. The van der Waals surface area contributed by atoms with E-state index in [-0.39, 0.29) is 12.5 Å². The molecule has 0 unspecified atom stereocenters. The Hall–Kier alpha value is -2.64. The van der Waals surface area contributed by atoms with Crippen molar-refractivity contribution in [3.05, 3.63) is 30.6 Å². The second kappa shape index (κ2) is 4.47. The van der Waals surface area contributed by atoms with E-state index in [0.717, 1.165) is 0 Å². The average molecular weight is 235 g/mol. The smallest absolute Gasteiger partial charge is 0.325 e. The number of aromatic nitrogens is 4. The fourth-order valence-corrected chi connectivity index (χ4v) is 1.23. The van der Waals surface area contributed by atoms with Crippen LogP contribution in [0.15, 0.2) is 24.9 Å². The van der Waals surface area contributed by atoms with Gasteiger partial charge in [-0.05, 0) is 0 Å². The van der Waals surface area contributed by atoms with Gasteiger partial charge in [-0.2, -0.15) is 5.10 Å². The molecule has 17 heavy (non-hydrogen) atoms. The van der Waals surface area contributed by atoms with Gasteiger partial charge in [-0.1, -0.05) is 0 Å².